The van der Waals surface area contributed by atoms with E-state index in [2.05, 4.69) is 4.72 Å². The molecule has 0 aromatic rings. The molecule has 0 rings (SSSR count). The first-order valence-corrected chi connectivity index (χ1v) is 3.17. The Morgan fingerprint density at radius 2 is 1.89 bits per heavy atom. The molecule has 0 saturated carbocycles. The Hall–Kier alpha value is 0.870. The second-order valence-electron chi connectivity index (χ2n) is 1.13. The predicted octanol–water partition coefficient (Wildman–Crippen LogP) is -2.96. The summed E-state index contributed by atoms with van der Waals surface area (Å²) in [5.74, 6) is 0. The molecule has 0 aliphatic rings. The Kier molecular flexibility index (Phi) is 21.3. The number of rotatable bonds is 3. The van der Waals surface area contributed by atoms with Gasteiger partial charge in [0.05, 0.1) is 0 Å². The average molecular weight is 162 g/mol. The third-order valence-corrected chi connectivity index (χ3v) is 0.910. The van der Waals surface area contributed by atoms with Gasteiger partial charge in [-0.1, -0.05) is 6.92 Å². The van der Waals surface area contributed by atoms with Gasteiger partial charge in [0.25, 0.3) is 0 Å². The maximum atomic E-state index is 9.65. The second kappa shape index (κ2) is 11.6. The molecule has 9 heavy (non-hydrogen) atoms. The van der Waals surface area contributed by atoms with Crippen molar-refractivity contribution in [3.8, 4) is 0 Å². The maximum absolute atomic E-state index is 9.65. The normalized spacial score (nSPS) is 7.78. The Labute approximate surface area is 78.7 Å². The number of nitrogens with one attached hydrogen (secondary N) is 1. The molecule has 0 aromatic carbocycles. The molecule has 0 aliphatic heterocycles. The van der Waals surface area contributed by atoms with Crippen molar-refractivity contribution in [2.75, 3.05) is 6.54 Å². The first-order chi connectivity index (χ1) is 3.27. The van der Waals surface area contributed by atoms with Gasteiger partial charge in [0.1, 0.15) is 0 Å². The molecule has 0 atom stereocenters. The molecule has 6 heteroatoms. The van der Waals surface area contributed by atoms with E-state index in [0.29, 0.717) is 6.54 Å². The molecule has 0 fully saturated rings. The predicted molar refractivity (Wildman–Crippen MR) is 29.0 cm³/mol. The van der Waals surface area contributed by atoms with Crippen molar-refractivity contribution in [2.45, 2.75) is 13.3 Å². The van der Waals surface area contributed by atoms with Gasteiger partial charge in [0, 0.05) is 0 Å². The Bertz CT molecular complexity index is 97.2. The molecule has 0 heterocycles. The van der Waals surface area contributed by atoms with Crippen LogP contribution < -0.4 is 34.3 Å². The van der Waals surface area contributed by atoms with E-state index in [1.807, 2.05) is 6.92 Å². The standard InChI is InChI=1S/C3H8NO2S.Na.H2O/c1-2-3-4-7(5)6;;/h2-3H2,1H3,(H,4,5,6);;1H2/q-1;+1;/p-1. The summed E-state index contributed by atoms with van der Waals surface area (Å²) in [5.41, 5.74) is 0. The third kappa shape index (κ3) is 17.7. The molecular weight excluding hydrogens is 153 g/mol. The van der Waals surface area contributed by atoms with Crippen LogP contribution in [0.3, 0.4) is 0 Å². The second-order valence-corrected chi connectivity index (χ2v) is 1.89. The molecule has 0 spiro atoms. The molecule has 0 aliphatic carbocycles. The summed E-state index contributed by atoms with van der Waals surface area (Å²) in [4.78, 5) is 0. The van der Waals surface area contributed by atoms with Crippen molar-refractivity contribution in [3.63, 3.8) is 0 Å². The fourth-order valence-corrected chi connectivity index (χ4v) is 0.556. The molecular formula is C3H9NNaO3S-. The molecule has 0 saturated heterocycles. The van der Waals surface area contributed by atoms with Crippen LogP contribution in [0.15, 0.2) is 0 Å². The van der Waals surface area contributed by atoms with Crippen LogP contribution in [0, 0.1) is 0 Å². The van der Waals surface area contributed by atoms with Gasteiger partial charge in [-0.15, -0.1) is 0 Å². The molecule has 0 unspecified atom stereocenters. The van der Waals surface area contributed by atoms with E-state index in [1.54, 1.807) is 0 Å². The van der Waals surface area contributed by atoms with E-state index in [4.69, 9.17) is 0 Å². The van der Waals surface area contributed by atoms with Gasteiger partial charge in [-0.05, 0) is 23.9 Å². The van der Waals surface area contributed by atoms with Gasteiger partial charge in [-0.2, -0.15) is 0 Å². The molecule has 0 aromatic heterocycles. The van der Waals surface area contributed by atoms with Crippen LogP contribution in [-0.2, 0) is 19.3 Å². The van der Waals surface area contributed by atoms with E-state index in [0.717, 1.165) is 6.42 Å². The summed E-state index contributed by atoms with van der Waals surface area (Å²) < 4.78 is 21.5. The zero-order chi connectivity index (χ0) is 5.70. The molecule has 2 N–H and O–H groups in total. The maximum Gasteiger partial charge on any atom is 1.00 e. The fourth-order valence-electron chi connectivity index (χ4n) is 0.185. The summed E-state index contributed by atoms with van der Waals surface area (Å²) in [5, 5.41) is 0. The van der Waals surface area contributed by atoms with Crippen LogP contribution in [0.1, 0.15) is 13.3 Å². The molecule has 4 nitrogen and oxygen atoms in total. The topological polar surface area (TPSA) is 76.2 Å². The number of hydrogen-bond acceptors (Lipinski definition) is 4. The first kappa shape index (κ1) is 16.5. The molecule has 0 amide bonds. The van der Waals surface area contributed by atoms with Gasteiger partial charge in [0.15, 0.2) is 0 Å². The first-order valence-electron chi connectivity index (χ1n) is 2.10. The van der Waals surface area contributed by atoms with Crippen LogP contribution in [0.2, 0.25) is 0 Å². The summed E-state index contributed by atoms with van der Waals surface area (Å²) >= 11 is 0. The van der Waals surface area contributed by atoms with Crippen molar-refractivity contribution in [1.29, 1.82) is 0 Å². The zero-order valence-electron chi connectivity index (χ0n) is 5.59. The van der Waals surface area contributed by atoms with Gasteiger partial charge >= 0.3 is 29.6 Å². The summed E-state index contributed by atoms with van der Waals surface area (Å²) in [6.07, 6.45) is 0.841. The van der Waals surface area contributed by atoms with Gasteiger partial charge in [0.2, 0.25) is 0 Å². The van der Waals surface area contributed by atoms with Gasteiger partial charge < -0.3 is 18.6 Å². The van der Waals surface area contributed by atoms with Crippen LogP contribution in [0.25, 0.3) is 0 Å². The minimum Gasteiger partial charge on any atom is -0.870 e. The van der Waals surface area contributed by atoms with Crippen molar-refractivity contribution in [3.05, 3.63) is 0 Å². The average Bonchev–Trinajstić information content (AvgIpc) is 1.61. The molecule has 0 bridgehead atoms. The largest absolute Gasteiger partial charge is 1.00 e. The van der Waals surface area contributed by atoms with E-state index in [-0.39, 0.29) is 35.0 Å². The molecule has 0 radical (unpaired) electrons. The summed E-state index contributed by atoms with van der Waals surface area (Å²) in [6.45, 7) is 2.44. The van der Waals surface area contributed by atoms with Crippen LogP contribution in [-0.4, -0.2) is 12.0 Å². The van der Waals surface area contributed by atoms with Crippen molar-refractivity contribution >= 4 is 10.9 Å². The fraction of sp³-hybridized carbons (Fsp3) is 1.00. The van der Waals surface area contributed by atoms with E-state index >= 15 is 0 Å². The van der Waals surface area contributed by atoms with Crippen LogP contribution >= 0.6 is 0 Å². The van der Waals surface area contributed by atoms with Gasteiger partial charge in [-0.3, -0.25) is 0 Å². The van der Waals surface area contributed by atoms with Crippen LogP contribution in [0.5, 0.6) is 0 Å². The van der Waals surface area contributed by atoms with Crippen LogP contribution in [0.4, 0.5) is 0 Å². The molecule has 52 valence electrons. The summed E-state index contributed by atoms with van der Waals surface area (Å²) in [6, 6.07) is 0. The van der Waals surface area contributed by atoms with E-state index in [9.17, 15) is 8.42 Å². The van der Waals surface area contributed by atoms with Gasteiger partial charge in [-0.25, -0.2) is 0 Å². The number of hydrogen-bond donors (Lipinski definition) is 1. The van der Waals surface area contributed by atoms with E-state index < -0.39 is 10.9 Å². The summed E-state index contributed by atoms with van der Waals surface area (Å²) in [7, 11) is -2.07. The zero-order valence-corrected chi connectivity index (χ0v) is 8.40. The van der Waals surface area contributed by atoms with Crippen molar-refractivity contribution in [1.82, 2.24) is 4.72 Å². The Morgan fingerprint density at radius 3 is 2.00 bits per heavy atom. The monoisotopic (exact) mass is 162 g/mol. The van der Waals surface area contributed by atoms with Crippen molar-refractivity contribution in [2.24, 2.45) is 0 Å². The third-order valence-electron chi connectivity index (χ3n) is 0.470. The smallest absolute Gasteiger partial charge is 0.870 e. The SMILES string of the molecule is CCCN[S-](=O)=O.[Na+].[OH-]. The van der Waals surface area contributed by atoms with Crippen molar-refractivity contribution < 1.29 is 43.5 Å². The minimum atomic E-state index is -2.07. The minimum absolute atomic E-state index is 0. The quantitative estimate of drug-likeness (QED) is 0.356. The Morgan fingerprint density at radius 1 is 1.44 bits per heavy atom. The van der Waals surface area contributed by atoms with E-state index in [1.165, 1.54) is 0 Å². The Balaban J connectivity index is -0.000000180.